The molecule has 0 aliphatic carbocycles. The average molecular weight is 631 g/mol. The molecule has 2 rings (SSSR count). The van der Waals surface area contributed by atoms with Gasteiger partial charge in [-0.05, 0) is 68.0 Å². The fraction of sp³-hybridized carbons (Fsp3) is 0.444. The van der Waals surface area contributed by atoms with Gasteiger partial charge < -0.3 is 5.11 Å². The molecule has 168 valence electrons. The molecule has 2 aromatic heterocycles. The van der Waals surface area contributed by atoms with E-state index in [1.165, 1.54) is 30.5 Å². The highest BCUT2D eigenvalue weighted by atomic mass is 79.9. The molecule has 2 aromatic rings. The highest BCUT2D eigenvalue weighted by Crippen LogP contribution is 2.38. The Balaban J connectivity index is 0.000000300. The van der Waals surface area contributed by atoms with E-state index < -0.39 is 30.8 Å². The van der Waals surface area contributed by atoms with Gasteiger partial charge >= 0.3 is 12.4 Å². The number of aliphatic hydroxyl groups excluding tert-OH is 1. The van der Waals surface area contributed by atoms with Crippen molar-refractivity contribution in [3.63, 3.8) is 0 Å². The van der Waals surface area contributed by atoms with Crippen LogP contribution in [0.15, 0.2) is 45.9 Å². The standard InChI is InChI=1S/C9H8Br2F3N.C9H9BrF3NO/c10-4-3-7(9(12,13)14)6-1-2-8(11)15-5-6;10-8-2-1-6(5-14-8)7(3-4-15)9(11,12)13/h1-2,5,7H,3-4H2;1-2,5,7,15H,3-4H2. The molecule has 0 bridgehead atoms. The molecule has 0 spiro atoms. The second-order valence-corrected chi connectivity index (χ2v) is 8.42. The highest BCUT2D eigenvalue weighted by Gasteiger charge is 2.41. The first-order valence-corrected chi connectivity index (χ1v) is 11.1. The Morgan fingerprint density at radius 3 is 1.43 bits per heavy atom. The van der Waals surface area contributed by atoms with Gasteiger partial charge in [0.2, 0.25) is 0 Å². The van der Waals surface area contributed by atoms with Gasteiger partial charge in [-0.2, -0.15) is 26.3 Å². The van der Waals surface area contributed by atoms with Gasteiger partial charge in [0.1, 0.15) is 9.21 Å². The van der Waals surface area contributed by atoms with Gasteiger partial charge in [-0.25, -0.2) is 9.97 Å². The van der Waals surface area contributed by atoms with E-state index >= 15 is 0 Å². The highest BCUT2D eigenvalue weighted by molar-refractivity contribution is 9.10. The predicted octanol–water partition coefficient (Wildman–Crippen LogP) is 7.15. The summed E-state index contributed by atoms with van der Waals surface area (Å²) in [5, 5.41) is 8.90. The number of aliphatic hydroxyl groups is 1. The fourth-order valence-corrected chi connectivity index (χ4v) is 3.39. The fourth-order valence-electron chi connectivity index (χ4n) is 2.46. The van der Waals surface area contributed by atoms with Crippen LogP contribution in [0.4, 0.5) is 26.3 Å². The lowest BCUT2D eigenvalue weighted by atomic mass is 9.97. The minimum atomic E-state index is -4.35. The van der Waals surface area contributed by atoms with E-state index in [0.717, 1.165) is 6.20 Å². The van der Waals surface area contributed by atoms with Crippen molar-refractivity contribution in [3.8, 4) is 0 Å². The number of nitrogens with zero attached hydrogens (tertiary/aromatic N) is 2. The van der Waals surface area contributed by atoms with E-state index in [9.17, 15) is 26.3 Å². The third kappa shape index (κ3) is 9.19. The number of hydrogen-bond donors (Lipinski definition) is 1. The minimum absolute atomic E-state index is 0.0206. The second-order valence-electron chi connectivity index (χ2n) is 6.01. The Morgan fingerprint density at radius 2 is 1.17 bits per heavy atom. The number of rotatable bonds is 6. The molecule has 1 N–H and O–H groups in total. The summed E-state index contributed by atoms with van der Waals surface area (Å²) in [7, 11) is 0. The molecule has 0 amide bonds. The molecule has 0 aliphatic heterocycles. The first-order valence-electron chi connectivity index (χ1n) is 8.43. The molecular weight excluding hydrogens is 614 g/mol. The molecule has 3 nitrogen and oxygen atoms in total. The monoisotopic (exact) mass is 628 g/mol. The molecule has 0 fully saturated rings. The number of pyridine rings is 2. The van der Waals surface area contributed by atoms with Crippen LogP contribution in [0, 0.1) is 0 Å². The number of alkyl halides is 7. The zero-order valence-corrected chi connectivity index (χ0v) is 19.9. The van der Waals surface area contributed by atoms with Gasteiger partial charge in [0.25, 0.3) is 0 Å². The average Bonchev–Trinajstić information content (AvgIpc) is 2.65. The topological polar surface area (TPSA) is 46.0 Å². The molecular formula is C18H17Br3F6N2O. The van der Waals surface area contributed by atoms with Gasteiger partial charge in [0, 0.05) is 24.3 Å². The third-order valence-electron chi connectivity index (χ3n) is 3.91. The Bertz CT molecular complexity index is 689. The Morgan fingerprint density at radius 1 is 0.767 bits per heavy atom. The summed E-state index contributed by atoms with van der Waals surface area (Å²) in [5.74, 6) is -3.10. The van der Waals surface area contributed by atoms with Crippen molar-refractivity contribution in [2.75, 3.05) is 11.9 Å². The minimum Gasteiger partial charge on any atom is -0.396 e. The maximum absolute atomic E-state index is 12.6. The lowest BCUT2D eigenvalue weighted by Crippen LogP contribution is -2.22. The molecule has 0 radical (unpaired) electrons. The molecule has 30 heavy (non-hydrogen) atoms. The van der Waals surface area contributed by atoms with Crippen LogP contribution >= 0.6 is 47.8 Å². The molecule has 12 heteroatoms. The summed E-state index contributed by atoms with van der Waals surface area (Å²) in [6.45, 7) is -0.500. The smallest absolute Gasteiger partial charge is 0.395 e. The van der Waals surface area contributed by atoms with Gasteiger partial charge in [-0.3, -0.25) is 0 Å². The number of aromatic nitrogens is 2. The van der Waals surface area contributed by atoms with Crippen molar-refractivity contribution in [2.45, 2.75) is 37.0 Å². The molecule has 2 unspecified atom stereocenters. The Hall–Kier alpha value is -0.720. The molecule has 0 aromatic carbocycles. The summed E-state index contributed by atoms with van der Waals surface area (Å²) in [6, 6.07) is 5.76. The summed E-state index contributed by atoms with van der Waals surface area (Å²) < 4.78 is 76.5. The summed E-state index contributed by atoms with van der Waals surface area (Å²) in [6.07, 6.45) is -6.47. The first-order chi connectivity index (χ1) is 13.9. The van der Waals surface area contributed by atoms with Gasteiger partial charge in [0.05, 0.1) is 11.8 Å². The van der Waals surface area contributed by atoms with Crippen molar-refractivity contribution >= 4 is 47.8 Å². The molecule has 0 saturated carbocycles. The summed E-state index contributed by atoms with van der Waals surface area (Å²) in [5.41, 5.74) is 0.268. The van der Waals surface area contributed by atoms with Crippen LogP contribution in [0.5, 0.6) is 0 Å². The van der Waals surface area contributed by atoms with Crippen LogP contribution in [0.2, 0.25) is 0 Å². The maximum Gasteiger partial charge on any atom is 0.395 e. The van der Waals surface area contributed by atoms with Crippen LogP contribution in [-0.2, 0) is 0 Å². The van der Waals surface area contributed by atoms with Gasteiger partial charge in [0.15, 0.2) is 0 Å². The van der Waals surface area contributed by atoms with Crippen LogP contribution in [0.25, 0.3) is 0 Å². The third-order valence-corrected chi connectivity index (χ3v) is 5.31. The van der Waals surface area contributed by atoms with Crippen LogP contribution < -0.4 is 0 Å². The predicted molar refractivity (Wildman–Crippen MR) is 112 cm³/mol. The quantitative estimate of drug-likeness (QED) is 0.210. The molecule has 0 aliphatic rings. The van der Waals surface area contributed by atoms with Crippen molar-refractivity contribution in [2.24, 2.45) is 0 Å². The van der Waals surface area contributed by atoms with Crippen molar-refractivity contribution < 1.29 is 31.4 Å². The summed E-state index contributed by atoms with van der Waals surface area (Å²) in [4.78, 5) is 7.53. The Labute approximate surface area is 194 Å². The van der Waals surface area contributed by atoms with E-state index in [-0.39, 0.29) is 24.0 Å². The molecule has 2 heterocycles. The molecule has 0 saturated heterocycles. The van der Waals surface area contributed by atoms with Crippen LogP contribution in [-0.4, -0.2) is 39.4 Å². The zero-order valence-electron chi connectivity index (χ0n) is 15.2. The summed E-state index contributed by atoms with van der Waals surface area (Å²) >= 11 is 9.15. The van der Waals surface area contributed by atoms with Gasteiger partial charge in [-0.1, -0.05) is 28.1 Å². The van der Waals surface area contributed by atoms with E-state index in [1.54, 1.807) is 0 Å². The second kappa shape index (κ2) is 12.4. The zero-order chi connectivity index (χ0) is 22.9. The van der Waals surface area contributed by atoms with Crippen molar-refractivity contribution in [1.82, 2.24) is 9.97 Å². The largest absolute Gasteiger partial charge is 0.396 e. The van der Waals surface area contributed by atoms with Crippen molar-refractivity contribution in [1.29, 1.82) is 0 Å². The SMILES string of the molecule is FC(F)(F)C(CCBr)c1ccc(Br)nc1.OCCC(c1ccc(Br)nc1)C(F)(F)F. The van der Waals surface area contributed by atoms with E-state index in [1.807, 2.05) is 0 Å². The van der Waals surface area contributed by atoms with Gasteiger partial charge in [-0.15, -0.1) is 0 Å². The maximum atomic E-state index is 12.6. The lowest BCUT2D eigenvalue weighted by Gasteiger charge is -2.19. The van der Waals surface area contributed by atoms with Crippen molar-refractivity contribution in [3.05, 3.63) is 57.0 Å². The first kappa shape index (κ1) is 27.3. The number of hydrogen-bond acceptors (Lipinski definition) is 3. The molecule has 2 atom stereocenters. The normalized spacial score (nSPS) is 13.9. The lowest BCUT2D eigenvalue weighted by molar-refractivity contribution is -0.153. The number of halogens is 9. The van der Waals surface area contributed by atoms with E-state index in [2.05, 4.69) is 57.8 Å². The van der Waals surface area contributed by atoms with E-state index in [4.69, 9.17) is 5.11 Å². The van der Waals surface area contributed by atoms with Crippen LogP contribution in [0.3, 0.4) is 0 Å². The van der Waals surface area contributed by atoms with E-state index in [0.29, 0.717) is 14.5 Å². The Kier molecular flexibility index (Phi) is 11.2. The van der Waals surface area contributed by atoms with Crippen LogP contribution in [0.1, 0.15) is 35.8 Å².